The average Bonchev–Trinajstić information content (AvgIpc) is 2.90. The number of H-pyrrole nitrogens is 1. The maximum Gasteiger partial charge on any atom is 0.280 e. The van der Waals surface area contributed by atoms with Gasteiger partial charge in [-0.1, -0.05) is 12.1 Å². The molecule has 0 saturated heterocycles. The Morgan fingerprint density at radius 3 is 2.83 bits per heavy atom. The van der Waals surface area contributed by atoms with Crippen LogP contribution in [-0.4, -0.2) is 39.6 Å². The van der Waals surface area contributed by atoms with Gasteiger partial charge in [0.25, 0.3) is 5.91 Å². The van der Waals surface area contributed by atoms with E-state index in [2.05, 4.69) is 15.4 Å². The Bertz CT molecular complexity index is 526. The van der Waals surface area contributed by atoms with Crippen molar-refractivity contribution >= 4 is 17.3 Å². The smallest absolute Gasteiger partial charge is 0.280 e. The van der Waals surface area contributed by atoms with Gasteiger partial charge in [0, 0.05) is 6.54 Å². The summed E-state index contributed by atoms with van der Waals surface area (Å²) < 4.78 is 0. The molecule has 0 unspecified atom stereocenters. The highest BCUT2D eigenvalue weighted by atomic mass is 16.3. The van der Waals surface area contributed by atoms with Crippen LogP contribution in [0.5, 0.6) is 0 Å². The molecule has 0 atom stereocenters. The molecule has 0 radical (unpaired) electrons. The number of benzene rings is 1. The Kier molecular flexibility index (Phi) is 3.54. The molecule has 0 saturated carbocycles. The number of carbonyl (C=O) groups is 1. The standard InChI is InChI=1S/C11H13N5O2/c12-8-3-1-2-4-10(8)16(5-6-17)11(18)9-7-13-15-14-9/h1-4,7,17H,5-6,12H2,(H,13,14,15). The Labute approximate surface area is 103 Å². The Balaban J connectivity index is 2.34. The summed E-state index contributed by atoms with van der Waals surface area (Å²) in [5.41, 5.74) is 7.00. The summed E-state index contributed by atoms with van der Waals surface area (Å²) in [4.78, 5) is 13.6. The van der Waals surface area contributed by atoms with E-state index in [0.29, 0.717) is 11.4 Å². The predicted octanol–water partition coefficient (Wildman–Crippen LogP) is 0.0260. The number of carbonyl (C=O) groups excluding carboxylic acids is 1. The molecule has 0 aliphatic carbocycles. The van der Waals surface area contributed by atoms with Crippen LogP contribution in [0.4, 0.5) is 11.4 Å². The number of nitrogens with one attached hydrogen (secondary N) is 1. The second-order valence-corrected chi connectivity index (χ2v) is 3.59. The lowest BCUT2D eigenvalue weighted by molar-refractivity contribution is 0.0976. The number of amides is 1. The fraction of sp³-hybridized carbons (Fsp3) is 0.182. The first-order valence-corrected chi connectivity index (χ1v) is 5.37. The third-order valence-electron chi connectivity index (χ3n) is 2.43. The molecule has 2 aromatic rings. The van der Waals surface area contributed by atoms with Gasteiger partial charge in [0.2, 0.25) is 0 Å². The predicted molar refractivity (Wildman–Crippen MR) is 66.0 cm³/mol. The number of aliphatic hydroxyl groups is 1. The summed E-state index contributed by atoms with van der Waals surface area (Å²) in [5.74, 6) is -0.365. The highest BCUT2D eigenvalue weighted by Gasteiger charge is 2.20. The van der Waals surface area contributed by atoms with Crippen molar-refractivity contribution in [1.29, 1.82) is 0 Å². The number of anilines is 2. The van der Waals surface area contributed by atoms with E-state index in [1.54, 1.807) is 24.3 Å². The first kappa shape index (κ1) is 12.1. The van der Waals surface area contributed by atoms with Crippen molar-refractivity contribution in [3.8, 4) is 0 Å². The van der Waals surface area contributed by atoms with E-state index in [1.807, 2.05) is 0 Å². The van der Waals surface area contributed by atoms with E-state index in [9.17, 15) is 4.79 Å². The topological polar surface area (TPSA) is 108 Å². The SMILES string of the molecule is Nc1ccccc1N(CCO)C(=O)c1cn[nH]n1. The molecule has 1 heterocycles. The van der Waals surface area contributed by atoms with E-state index in [0.717, 1.165) is 0 Å². The van der Waals surface area contributed by atoms with E-state index < -0.39 is 0 Å². The third-order valence-corrected chi connectivity index (χ3v) is 2.43. The summed E-state index contributed by atoms with van der Waals surface area (Å²) >= 11 is 0. The fourth-order valence-corrected chi connectivity index (χ4v) is 1.61. The van der Waals surface area contributed by atoms with Gasteiger partial charge in [-0.2, -0.15) is 15.4 Å². The normalized spacial score (nSPS) is 10.3. The number of aromatic amines is 1. The highest BCUT2D eigenvalue weighted by Crippen LogP contribution is 2.23. The van der Waals surface area contributed by atoms with Crippen LogP contribution in [-0.2, 0) is 0 Å². The maximum absolute atomic E-state index is 12.2. The Morgan fingerprint density at radius 2 is 2.22 bits per heavy atom. The van der Waals surface area contributed by atoms with Crippen molar-refractivity contribution in [2.24, 2.45) is 0 Å². The molecule has 4 N–H and O–H groups in total. The second kappa shape index (κ2) is 5.28. The molecule has 0 spiro atoms. The molecule has 7 nitrogen and oxygen atoms in total. The van der Waals surface area contributed by atoms with Gasteiger partial charge >= 0.3 is 0 Å². The van der Waals surface area contributed by atoms with E-state index in [-0.39, 0.29) is 24.8 Å². The summed E-state index contributed by atoms with van der Waals surface area (Å²) in [5, 5.41) is 18.7. The molecular formula is C11H13N5O2. The molecule has 1 amide bonds. The zero-order valence-electron chi connectivity index (χ0n) is 9.58. The second-order valence-electron chi connectivity index (χ2n) is 3.59. The Morgan fingerprint density at radius 1 is 1.44 bits per heavy atom. The van der Waals surface area contributed by atoms with Crippen molar-refractivity contribution in [3.63, 3.8) is 0 Å². The van der Waals surface area contributed by atoms with Crippen LogP contribution in [0.25, 0.3) is 0 Å². The molecule has 1 aromatic heterocycles. The molecule has 0 bridgehead atoms. The van der Waals surface area contributed by atoms with Gasteiger partial charge in [0.15, 0.2) is 5.69 Å². The molecule has 1 aromatic carbocycles. The molecule has 2 rings (SSSR count). The fourth-order valence-electron chi connectivity index (χ4n) is 1.61. The monoisotopic (exact) mass is 247 g/mol. The number of hydrogen-bond acceptors (Lipinski definition) is 5. The molecular weight excluding hydrogens is 234 g/mol. The minimum Gasteiger partial charge on any atom is -0.397 e. The lowest BCUT2D eigenvalue weighted by Crippen LogP contribution is -2.34. The van der Waals surface area contributed by atoms with Crippen LogP contribution in [0.3, 0.4) is 0 Å². The van der Waals surface area contributed by atoms with E-state index in [1.165, 1.54) is 11.1 Å². The number of nitrogens with zero attached hydrogens (tertiary/aromatic N) is 3. The lowest BCUT2D eigenvalue weighted by atomic mass is 10.2. The van der Waals surface area contributed by atoms with E-state index >= 15 is 0 Å². The minimum absolute atomic E-state index is 0.139. The van der Waals surface area contributed by atoms with Gasteiger partial charge in [0.05, 0.1) is 24.2 Å². The number of nitrogens with two attached hydrogens (primary N) is 1. The van der Waals surface area contributed by atoms with Crippen molar-refractivity contribution in [2.75, 3.05) is 23.8 Å². The van der Waals surface area contributed by atoms with Crippen LogP contribution in [0.2, 0.25) is 0 Å². The summed E-state index contributed by atoms with van der Waals surface area (Å²) in [6, 6.07) is 6.95. The molecule has 18 heavy (non-hydrogen) atoms. The first-order chi connectivity index (χ1) is 8.74. The highest BCUT2D eigenvalue weighted by molar-refractivity contribution is 6.06. The maximum atomic E-state index is 12.2. The number of aliphatic hydroxyl groups excluding tert-OH is 1. The number of hydrogen-bond donors (Lipinski definition) is 3. The first-order valence-electron chi connectivity index (χ1n) is 5.37. The summed E-state index contributed by atoms with van der Waals surface area (Å²) in [6.45, 7) is -0.0299. The summed E-state index contributed by atoms with van der Waals surface area (Å²) in [6.07, 6.45) is 1.33. The lowest BCUT2D eigenvalue weighted by Gasteiger charge is -2.22. The molecule has 7 heteroatoms. The van der Waals surface area contributed by atoms with Crippen molar-refractivity contribution in [2.45, 2.75) is 0 Å². The number of aromatic nitrogens is 3. The largest absolute Gasteiger partial charge is 0.397 e. The van der Waals surface area contributed by atoms with Gasteiger partial charge in [0.1, 0.15) is 0 Å². The quantitative estimate of drug-likeness (QED) is 0.660. The van der Waals surface area contributed by atoms with Gasteiger partial charge in [-0.15, -0.1) is 0 Å². The van der Waals surface area contributed by atoms with Crippen molar-refractivity contribution < 1.29 is 9.90 Å². The third kappa shape index (κ3) is 2.30. The molecule has 0 fully saturated rings. The van der Waals surface area contributed by atoms with Gasteiger partial charge < -0.3 is 15.7 Å². The van der Waals surface area contributed by atoms with Crippen LogP contribution in [0.1, 0.15) is 10.5 Å². The number of para-hydroxylation sites is 2. The molecule has 0 aliphatic rings. The van der Waals surface area contributed by atoms with Gasteiger partial charge in [-0.05, 0) is 12.1 Å². The zero-order valence-corrected chi connectivity index (χ0v) is 9.58. The van der Waals surface area contributed by atoms with Crippen LogP contribution in [0, 0.1) is 0 Å². The molecule has 0 aliphatic heterocycles. The number of rotatable bonds is 4. The van der Waals surface area contributed by atoms with Crippen LogP contribution in [0.15, 0.2) is 30.5 Å². The average molecular weight is 247 g/mol. The summed E-state index contributed by atoms with van der Waals surface area (Å²) in [7, 11) is 0. The Hall–Kier alpha value is -2.41. The van der Waals surface area contributed by atoms with Gasteiger partial charge in [-0.3, -0.25) is 4.79 Å². The van der Waals surface area contributed by atoms with Crippen LogP contribution >= 0.6 is 0 Å². The number of nitrogen functional groups attached to an aromatic ring is 1. The van der Waals surface area contributed by atoms with Gasteiger partial charge in [-0.25, -0.2) is 0 Å². The van der Waals surface area contributed by atoms with E-state index in [4.69, 9.17) is 10.8 Å². The molecule has 94 valence electrons. The van der Waals surface area contributed by atoms with Crippen molar-refractivity contribution in [3.05, 3.63) is 36.2 Å². The van der Waals surface area contributed by atoms with Crippen LogP contribution < -0.4 is 10.6 Å². The minimum atomic E-state index is -0.365. The van der Waals surface area contributed by atoms with Crippen molar-refractivity contribution in [1.82, 2.24) is 15.4 Å². The zero-order chi connectivity index (χ0) is 13.0.